The molecule has 0 aliphatic heterocycles. The van der Waals surface area contributed by atoms with E-state index in [0.717, 1.165) is 0 Å². The Morgan fingerprint density at radius 1 is 1.36 bits per heavy atom. The van der Waals surface area contributed by atoms with Crippen molar-refractivity contribution in [1.29, 1.82) is 0 Å². The number of carbonyl (C=O) groups excluding carboxylic acids is 3. The fourth-order valence-corrected chi connectivity index (χ4v) is 1.73. The maximum absolute atomic E-state index is 11.7. The predicted molar refractivity (Wildman–Crippen MR) is 81.3 cm³/mol. The van der Waals surface area contributed by atoms with Crippen LogP contribution in [0.3, 0.4) is 0 Å². The second-order valence-corrected chi connectivity index (χ2v) is 5.22. The zero-order valence-corrected chi connectivity index (χ0v) is 12.7. The molecule has 1 rings (SSSR count). The molecule has 0 fully saturated rings. The van der Waals surface area contributed by atoms with Gasteiger partial charge in [0.05, 0.1) is 12.8 Å². The third-order valence-corrected chi connectivity index (χ3v) is 2.75. The van der Waals surface area contributed by atoms with Gasteiger partial charge >= 0.3 is 0 Å². The summed E-state index contributed by atoms with van der Waals surface area (Å²) in [6.45, 7) is 3.61. The van der Waals surface area contributed by atoms with Gasteiger partial charge in [-0.15, -0.1) is 0 Å². The molecule has 7 nitrogen and oxygen atoms in total. The van der Waals surface area contributed by atoms with Crippen LogP contribution in [0, 0.1) is 5.92 Å². The summed E-state index contributed by atoms with van der Waals surface area (Å²) in [5, 5.41) is 4.91. The fraction of sp³-hybridized carbons (Fsp3) is 0.400. The average Bonchev–Trinajstić information content (AvgIpc) is 2.94. The van der Waals surface area contributed by atoms with E-state index in [2.05, 4.69) is 10.6 Å². The van der Waals surface area contributed by atoms with Crippen molar-refractivity contribution in [3.63, 3.8) is 0 Å². The highest BCUT2D eigenvalue weighted by atomic mass is 16.3. The molecule has 120 valence electrons. The Bertz CT molecular complexity index is 535. The van der Waals surface area contributed by atoms with Crippen molar-refractivity contribution in [3.05, 3.63) is 30.2 Å². The van der Waals surface area contributed by atoms with Gasteiger partial charge in [0.2, 0.25) is 17.7 Å². The van der Waals surface area contributed by atoms with E-state index in [0.29, 0.717) is 12.2 Å². The summed E-state index contributed by atoms with van der Waals surface area (Å²) in [5.74, 6) is -0.754. The van der Waals surface area contributed by atoms with Crippen LogP contribution < -0.4 is 16.4 Å². The predicted octanol–water partition coefficient (Wildman–Crippen LogP) is 0.425. The SMILES string of the molecule is CC(C)C[C@@H](NC(=O)CNC(=O)/C=C\c1ccco1)C(N)=O. The first-order valence-corrected chi connectivity index (χ1v) is 6.96. The van der Waals surface area contributed by atoms with Crippen LogP contribution in [-0.4, -0.2) is 30.3 Å². The molecule has 0 unspecified atom stereocenters. The van der Waals surface area contributed by atoms with Crippen molar-refractivity contribution in [2.24, 2.45) is 11.7 Å². The first-order valence-electron chi connectivity index (χ1n) is 6.96. The zero-order valence-electron chi connectivity index (χ0n) is 12.7. The summed E-state index contributed by atoms with van der Waals surface area (Å²) in [4.78, 5) is 34.5. The molecule has 1 atom stereocenters. The topological polar surface area (TPSA) is 114 Å². The standard InChI is InChI=1S/C15H21N3O4/c1-10(2)8-12(15(16)21)18-14(20)9-17-13(19)6-5-11-4-3-7-22-11/h3-7,10,12H,8-9H2,1-2H3,(H2,16,21)(H,17,19)(H,18,20)/b6-5-/t12-/m1/s1. The molecule has 0 aromatic carbocycles. The summed E-state index contributed by atoms with van der Waals surface area (Å²) < 4.78 is 5.03. The molecule has 3 amide bonds. The Kier molecular flexibility index (Phi) is 6.88. The highest BCUT2D eigenvalue weighted by Crippen LogP contribution is 2.04. The van der Waals surface area contributed by atoms with E-state index in [1.54, 1.807) is 12.1 Å². The van der Waals surface area contributed by atoms with Crippen LogP contribution in [0.1, 0.15) is 26.0 Å². The Morgan fingerprint density at radius 2 is 2.09 bits per heavy atom. The summed E-state index contributed by atoms with van der Waals surface area (Å²) in [6, 6.07) is 2.66. The number of nitrogens with one attached hydrogen (secondary N) is 2. The highest BCUT2D eigenvalue weighted by molar-refractivity contribution is 5.94. The normalized spacial score (nSPS) is 12.3. The summed E-state index contributed by atoms with van der Waals surface area (Å²) in [5.41, 5.74) is 5.23. The molecule has 7 heteroatoms. The van der Waals surface area contributed by atoms with E-state index in [1.807, 2.05) is 13.8 Å². The van der Waals surface area contributed by atoms with Gasteiger partial charge in [-0.3, -0.25) is 14.4 Å². The fourth-order valence-electron chi connectivity index (χ4n) is 1.73. The van der Waals surface area contributed by atoms with Crippen LogP contribution >= 0.6 is 0 Å². The number of rotatable bonds is 8. The number of nitrogens with two attached hydrogens (primary N) is 1. The van der Waals surface area contributed by atoms with Gasteiger partial charge in [0, 0.05) is 6.08 Å². The Hall–Kier alpha value is -2.57. The number of carbonyl (C=O) groups is 3. The second-order valence-electron chi connectivity index (χ2n) is 5.22. The summed E-state index contributed by atoms with van der Waals surface area (Å²) >= 11 is 0. The molecule has 1 aromatic rings. The molecule has 22 heavy (non-hydrogen) atoms. The lowest BCUT2D eigenvalue weighted by molar-refractivity contribution is -0.128. The maximum Gasteiger partial charge on any atom is 0.244 e. The van der Waals surface area contributed by atoms with E-state index < -0.39 is 23.8 Å². The van der Waals surface area contributed by atoms with Gasteiger partial charge in [0.1, 0.15) is 11.8 Å². The molecule has 0 radical (unpaired) electrons. The van der Waals surface area contributed by atoms with Gasteiger partial charge in [0.25, 0.3) is 0 Å². The molecular formula is C15H21N3O4. The first kappa shape index (κ1) is 17.5. The van der Waals surface area contributed by atoms with Crippen molar-refractivity contribution in [3.8, 4) is 0 Å². The van der Waals surface area contributed by atoms with Gasteiger partial charge < -0.3 is 20.8 Å². The third kappa shape index (κ3) is 6.74. The average molecular weight is 307 g/mol. The van der Waals surface area contributed by atoms with Gasteiger partial charge in [-0.2, -0.15) is 0 Å². The molecule has 0 saturated carbocycles. The third-order valence-electron chi connectivity index (χ3n) is 2.75. The quantitative estimate of drug-likeness (QED) is 0.604. The van der Waals surface area contributed by atoms with Gasteiger partial charge in [-0.1, -0.05) is 13.8 Å². The van der Waals surface area contributed by atoms with Crippen LogP contribution in [0.25, 0.3) is 6.08 Å². The largest absolute Gasteiger partial charge is 0.465 e. The minimum Gasteiger partial charge on any atom is -0.465 e. The van der Waals surface area contributed by atoms with E-state index in [1.165, 1.54) is 18.4 Å². The molecular weight excluding hydrogens is 286 g/mol. The minimum absolute atomic E-state index is 0.212. The van der Waals surface area contributed by atoms with Crippen LogP contribution in [0.4, 0.5) is 0 Å². The van der Waals surface area contributed by atoms with Crippen molar-refractivity contribution in [2.45, 2.75) is 26.3 Å². The molecule has 0 aliphatic rings. The smallest absolute Gasteiger partial charge is 0.244 e. The van der Waals surface area contributed by atoms with Gasteiger partial charge in [-0.05, 0) is 30.5 Å². The molecule has 4 N–H and O–H groups in total. The number of amides is 3. The zero-order chi connectivity index (χ0) is 16.5. The van der Waals surface area contributed by atoms with Crippen LogP contribution in [0.15, 0.2) is 28.9 Å². The molecule has 0 spiro atoms. The molecule has 0 bridgehead atoms. The number of hydrogen-bond donors (Lipinski definition) is 3. The Labute approximate surface area is 128 Å². The van der Waals surface area contributed by atoms with Gasteiger partial charge in [-0.25, -0.2) is 0 Å². The lowest BCUT2D eigenvalue weighted by Gasteiger charge is -2.17. The van der Waals surface area contributed by atoms with Crippen molar-refractivity contribution in [2.75, 3.05) is 6.54 Å². The monoisotopic (exact) mass is 307 g/mol. The van der Waals surface area contributed by atoms with Crippen molar-refractivity contribution >= 4 is 23.8 Å². The lowest BCUT2D eigenvalue weighted by Crippen LogP contribution is -2.48. The second kappa shape index (κ2) is 8.66. The highest BCUT2D eigenvalue weighted by Gasteiger charge is 2.19. The molecule has 0 saturated heterocycles. The summed E-state index contributed by atoms with van der Waals surface area (Å²) in [7, 11) is 0. The summed E-state index contributed by atoms with van der Waals surface area (Å²) in [6.07, 6.45) is 4.68. The van der Waals surface area contributed by atoms with Crippen LogP contribution in [0.2, 0.25) is 0 Å². The molecule has 1 aromatic heterocycles. The number of primary amides is 1. The number of hydrogen-bond acceptors (Lipinski definition) is 4. The number of furan rings is 1. The van der Waals surface area contributed by atoms with E-state index in [4.69, 9.17) is 10.2 Å². The van der Waals surface area contributed by atoms with Crippen LogP contribution in [-0.2, 0) is 14.4 Å². The first-order chi connectivity index (χ1) is 10.4. The molecule has 1 heterocycles. The Morgan fingerprint density at radius 3 is 2.64 bits per heavy atom. The molecule has 0 aliphatic carbocycles. The van der Waals surface area contributed by atoms with Crippen molar-refractivity contribution in [1.82, 2.24) is 10.6 Å². The van der Waals surface area contributed by atoms with E-state index >= 15 is 0 Å². The maximum atomic E-state index is 11.7. The van der Waals surface area contributed by atoms with E-state index in [-0.39, 0.29) is 12.5 Å². The van der Waals surface area contributed by atoms with E-state index in [9.17, 15) is 14.4 Å². The van der Waals surface area contributed by atoms with Crippen molar-refractivity contribution < 1.29 is 18.8 Å². The Balaban J connectivity index is 2.38. The van der Waals surface area contributed by atoms with Crippen LogP contribution in [0.5, 0.6) is 0 Å². The van der Waals surface area contributed by atoms with Gasteiger partial charge in [0.15, 0.2) is 0 Å². The minimum atomic E-state index is -0.733. The lowest BCUT2D eigenvalue weighted by atomic mass is 10.0.